The molecule has 0 rings (SSSR count). The van der Waals surface area contributed by atoms with E-state index in [1.165, 1.54) is 39.4 Å². The van der Waals surface area contributed by atoms with Crippen molar-refractivity contribution in [2.45, 2.75) is 109 Å². The summed E-state index contributed by atoms with van der Waals surface area (Å²) in [4.78, 5) is 26.1. The molecule has 1 N–H and O–H groups in total. The van der Waals surface area contributed by atoms with Crippen molar-refractivity contribution < 1.29 is 32.6 Å². The molecule has 0 spiro atoms. The quantitative estimate of drug-likeness (QED) is 0.250. The lowest BCUT2D eigenvalue weighted by atomic mass is 9.93. The standard InChI is InChI=1S/C24H46O7S2/c1-8-9-10-11-12-13-16-30-23(2,3)22(27)20(15-18-33(7)29)31-24(4,5)21(26)19(25)14-17-32(6)28/h19-20,25H,8-18H2,1-7H3. The van der Waals surface area contributed by atoms with Crippen LogP contribution in [0, 0.1) is 0 Å². The van der Waals surface area contributed by atoms with Gasteiger partial charge in [0.25, 0.3) is 0 Å². The number of aliphatic hydroxyl groups is 1. The maximum absolute atomic E-state index is 13.3. The van der Waals surface area contributed by atoms with Crippen LogP contribution in [0.1, 0.15) is 86.0 Å². The number of Topliss-reactive ketones (excluding diaryl/α,β-unsaturated/α-hetero) is 2. The molecule has 0 aliphatic heterocycles. The van der Waals surface area contributed by atoms with Gasteiger partial charge in [-0.3, -0.25) is 18.0 Å². The van der Waals surface area contributed by atoms with Gasteiger partial charge < -0.3 is 14.6 Å². The summed E-state index contributed by atoms with van der Waals surface area (Å²) < 4.78 is 34.8. The van der Waals surface area contributed by atoms with Crippen LogP contribution in [-0.4, -0.2) is 79.1 Å². The van der Waals surface area contributed by atoms with Crippen LogP contribution in [0.4, 0.5) is 0 Å². The Morgan fingerprint density at radius 1 is 0.818 bits per heavy atom. The van der Waals surface area contributed by atoms with Crippen molar-refractivity contribution in [3.05, 3.63) is 0 Å². The number of ether oxygens (including phenoxy) is 2. The lowest BCUT2D eigenvalue weighted by Crippen LogP contribution is -2.51. The molecule has 33 heavy (non-hydrogen) atoms. The van der Waals surface area contributed by atoms with Crippen LogP contribution < -0.4 is 0 Å². The first-order chi connectivity index (χ1) is 15.2. The van der Waals surface area contributed by atoms with Crippen LogP contribution in [0.15, 0.2) is 0 Å². The molecule has 0 amide bonds. The van der Waals surface area contributed by atoms with Crippen LogP contribution in [0.25, 0.3) is 0 Å². The first kappa shape index (κ1) is 32.5. The third kappa shape index (κ3) is 13.9. The molecule has 0 saturated heterocycles. The molecule has 0 aromatic rings. The number of rotatable bonds is 20. The van der Waals surface area contributed by atoms with E-state index in [9.17, 15) is 23.1 Å². The summed E-state index contributed by atoms with van der Waals surface area (Å²) in [6.45, 7) is 9.01. The monoisotopic (exact) mass is 510 g/mol. The van der Waals surface area contributed by atoms with E-state index >= 15 is 0 Å². The first-order valence-electron chi connectivity index (χ1n) is 11.9. The van der Waals surface area contributed by atoms with E-state index in [0.29, 0.717) is 6.61 Å². The lowest BCUT2D eigenvalue weighted by molar-refractivity contribution is -0.171. The average molecular weight is 511 g/mol. The van der Waals surface area contributed by atoms with E-state index in [-0.39, 0.29) is 30.1 Å². The van der Waals surface area contributed by atoms with Gasteiger partial charge >= 0.3 is 0 Å². The summed E-state index contributed by atoms with van der Waals surface area (Å²) in [5.41, 5.74) is -2.57. The van der Waals surface area contributed by atoms with Crippen molar-refractivity contribution >= 4 is 33.2 Å². The average Bonchev–Trinajstić information content (AvgIpc) is 2.72. The Hall–Kier alpha value is -0.480. The van der Waals surface area contributed by atoms with Crippen LogP contribution in [0.3, 0.4) is 0 Å². The van der Waals surface area contributed by atoms with Crippen LogP contribution >= 0.6 is 0 Å². The van der Waals surface area contributed by atoms with Crippen molar-refractivity contribution in [1.82, 2.24) is 0 Å². The smallest absolute Gasteiger partial charge is 0.192 e. The van der Waals surface area contributed by atoms with Gasteiger partial charge in [-0.1, -0.05) is 39.0 Å². The van der Waals surface area contributed by atoms with E-state index < -0.39 is 50.8 Å². The molecule has 0 heterocycles. The molecule has 0 aromatic heterocycles. The Morgan fingerprint density at radius 2 is 1.33 bits per heavy atom. The minimum atomic E-state index is -1.44. The van der Waals surface area contributed by atoms with Gasteiger partial charge in [0, 0.05) is 52.2 Å². The Labute approximate surface area is 205 Å². The molecule has 7 nitrogen and oxygen atoms in total. The number of hydrogen-bond acceptors (Lipinski definition) is 7. The highest BCUT2D eigenvalue weighted by Gasteiger charge is 2.42. The maximum Gasteiger partial charge on any atom is 0.192 e. The predicted octanol–water partition coefficient (Wildman–Crippen LogP) is 3.34. The molecule has 9 heteroatoms. The normalized spacial score (nSPS) is 16.2. The third-order valence-corrected chi connectivity index (χ3v) is 7.15. The van der Waals surface area contributed by atoms with E-state index in [1.807, 2.05) is 0 Å². The molecule has 4 unspecified atom stereocenters. The number of carbonyl (C=O) groups is 2. The Morgan fingerprint density at radius 3 is 1.88 bits per heavy atom. The summed E-state index contributed by atoms with van der Waals surface area (Å²) in [7, 11) is -2.27. The van der Waals surface area contributed by atoms with Gasteiger partial charge in [-0.2, -0.15) is 0 Å². The molecule has 0 fully saturated rings. The molecule has 0 radical (unpaired) electrons. The van der Waals surface area contributed by atoms with Gasteiger partial charge in [-0.15, -0.1) is 0 Å². The second-order valence-corrected chi connectivity index (χ2v) is 12.7. The van der Waals surface area contributed by atoms with Gasteiger partial charge in [0.1, 0.15) is 23.4 Å². The molecular formula is C24H46O7S2. The van der Waals surface area contributed by atoms with Crippen molar-refractivity contribution in [3.63, 3.8) is 0 Å². The van der Waals surface area contributed by atoms with Crippen molar-refractivity contribution in [2.24, 2.45) is 0 Å². The second kappa shape index (κ2) is 16.2. The van der Waals surface area contributed by atoms with E-state index in [4.69, 9.17) is 9.47 Å². The highest BCUT2D eigenvalue weighted by atomic mass is 32.2. The highest BCUT2D eigenvalue weighted by Crippen LogP contribution is 2.24. The number of hydrogen-bond donors (Lipinski definition) is 1. The summed E-state index contributed by atoms with van der Waals surface area (Å²) in [6, 6.07) is 0. The van der Waals surface area contributed by atoms with Crippen LogP contribution in [-0.2, 0) is 40.7 Å². The fourth-order valence-corrected chi connectivity index (χ4v) is 4.51. The minimum absolute atomic E-state index is 0.0547. The highest BCUT2D eigenvalue weighted by molar-refractivity contribution is 7.84. The largest absolute Gasteiger partial charge is 0.385 e. The van der Waals surface area contributed by atoms with Gasteiger partial charge in [-0.25, -0.2) is 0 Å². The number of unbranched alkanes of at least 4 members (excludes halogenated alkanes) is 5. The van der Waals surface area contributed by atoms with E-state index in [1.54, 1.807) is 20.1 Å². The maximum atomic E-state index is 13.3. The second-order valence-electron chi connectivity index (χ2n) is 9.62. The zero-order chi connectivity index (χ0) is 25.7. The molecule has 0 aliphatic rings. The molecule has 0 aromatic carbocycles. The third-order valence-electron chi connectivity index (χ3n) is 5.53. The van der Waals surface area contributed by atoms with Gasteiger partial charge in [0.2, 0.25) is 0 Å². The summed E-state index contributed by atoms with van der Waals surface area (Å²) in [6.07, 6.45) is 7.61. The summed E-state index contributed by atoms with van der Waals surface area (Å²) >= 11 is 0. The van der Waals surface area contributed by atoms with Crippen LogP contribution in [0.2, 0.25) is 0 Å². The van der Waals surface area contributed by atoms with Crippen molar-refractivity contribution in [3.8, 4) is 0 Å². The van der Waals surface area contributed by atoms with E-state index in [2.05, 4.69) is 6.92 Å². The van der Waals surface area contributed by atoms with Crippen LogP contribution in [0.5, 0.6) is 0 Å². The Balaban J connectivity index is 5.16. The fourth-order valence-electron chi connectivity index (χ4n) is 3.41. The number of aliphatic hydroxyl groups excluding tert-OH is 1. The van der Waals surface area contributed by atoms with Crippen molar-refractivity contribution in [2.75, 3.05) is 30.6 Å². The minimum Gasteiger partial charge on any atom is -0.385 e. The van der Waals surface area contributed by atoms with E-state index in [0.717, 1.165) is 19.3 Å². The molecule has 0 saturated carbocycles. The first-order valence-corrected chi connectivity index (χ1v) is 15.4. The zero-order valence-electron chi connectivity index (χ0n) is 21.6. The Kier molecular flexibility index (Phi) is 16.0. The predicted molar refractivity (Wildman–Crippen MR) is 135 cm³/mol. The Bertz CT molecular complexity index is 647. The van der Waals surface area contributed by atoms with Crippen molar-refractivity contribution in [1.29, 1.82) is 0 Å². The molecule has 196 valence electrons. The lowest BCUT2D eigenvalue weighted by Gasteiger charge is -2.34. The van der Waals surface area contributed by atoms with Gasteiger partial charge in [0.05, 0.1) is 0 Å². The molecule has 0 bridgehead atoms. The van der Waals surface area contributed by atoms with Gasteiger partial charge in [-0.05, 0) is 47.0 Å². The molecular weight excluding hydrogens is 464 g/mol. The molecule has 4 atom stereocenters. The zero-order valence-corrected chi connectivity index (χ0v) is 23.3. The fraction of sp³-hybridized carbons (Fsp3) is 0.917. The number of carbonyl (C=O) groups excluding carboxylic acids is 2. The summed E-state index contributed by atoms with van der Waals surface area (Å²) in [5, 5.41) is 10.2. The SMILES string of the molecule is CCCCCCCCOC(C)(C)C(=O)C(CCS(C)=O)OC(C)(C)C(=O)C(O)CCS(C)=O. The topological polar surface area (TPSA) is 107 Å². The van der Waals surface area contributed by atoms with Gasteiger partial charge in [0.15, 0.2) is 11.6 Å². The molecule has 0 aliphatic carbocycles. The number of ketones is 2. The summed E-state index contributed by atoms with van der Waals surface area (Å²) in [5.74, 6) is -0.455.